The molecule has 11 heteroatoms. The first-order chi connectivity index (χ1) is 13.6. The van der Waals surface area contributed by atoms with E-state index < -0.39 is 34.1 Å². The third kappa shape index (κ3) is 4.28. The first kappa shape index (κ1) is 20.9. The monoisotopic (exact) mass is 443 g/mol. The van der Waals surface area contributed by atoms with Crippen LogP contribution in [0.4, 0.5) is 18.9 Å². The van der Waals surface area contributed by atoms with Crippen molar-refractivity contribution in [3.8, 4) is 5.69 Å². The molecular formula is C18H13ClF3N3O3S. The summed E-state index contributed by atoms with van der Waals surface area (Å²) in [5.74, 6) is 0. The maximum absolute atomic E-state index is 13.0. The average molecular weight is 444 g/mol. The molecule has 0 bridgehead atoms. The fourth-order valence-electron chi connectivity index (χ4n) is 2.57. The Bertz CT molecular complexity index is 1210. The van der Waals surface area contributed by atoms with Crippen molar-refractivity contribution in [2.75, 3.05) is 4.72 Å². The summed E-state index contributed by atoms with van der Waals surface area (Å²) in [6.45, 7) is 0. The standard InChI is InChI=1S/C18H13ClF3N3O3S/c1-24-15(18(20,21)22)10-16(26)25(17(24)27)11-7-8-13(19)14(9-11)23-29(28)12-5-3-2-4-6-12/h2-10,23H,1H3. The topological polar surface area (TPSA) is 73.1 Å². The van der Waals surface area contributed by atoms with E-state index in [0.717, 1.165) is 7.05 Å². The Morgan fingerprint density at radius 3 is 2.31 bits per heavy atom. The van der Waals surface area contributed by atoms with Crippen LogP contribution >= 0.6 is 11.6 Å². The van der Waals surface area contributed by atoms with Gasteiger partial charge in [-0.3, -0.25) is 14.1 Å². The summed E-state index contributed by atoms with van der Waals surface area (Å²) in [6, 6.07) is 12.6. The number of anilines is 1. The predicted molar refractivity (Wildman–Crippen MR) is 104 cm³/mol. The van der Waals surface area contributed by atoms with Gasteiger partial charge in [-0.25, -0.2) is 13.6 Å². The fraction of sp³-hybridized carbons (Fsp3) is 0.111. The van der Waals surface area contributed by atoms with Crippen LogP contribution in [-0.2, 0) is 24.2 Å². The lowest BCUT2D eigenvalue weighted by Gasteiger charge is -2.15. The number of alkyl halides is 3. The van der Waals surface area contributed by atoms with E-state index in [2.05, 4.69) is 4.72 Å². The molecule has 0 fully saturated rings. The van der Waals surface area contributed by atoms with Crippen LogP contribution in [0.2, 0.25) is 5.02 Å². The van der Waals surface area contributed by atoms with Gasteiger partial charge in [0.25, 0.3) is 5.56 Å². The molecule has 0 amide bonds. The van der Waals surface area contributed by atoms with Crippen molar-refractivity contribution in [1.29, 1.82) is 0 Å². The van der Waals surface area contributed by atoms with E-state index in [1.54, 1.807) is 30.3 Å². The normalized spacial score (nSPS) is 12.6. The largest absolute Gasteiger partial charge is 0.431 e. The van der Waals surface area contributed by atoms with Crippen molar-refractivity contribution in [3.63, 3.8) is 0 Å². The van der Waals surface area contributed by atoms with Gasteiger partial charge in [0, 0.05) is 13.1 Å². The minimum atomic E-state index is -4.86. The Morgan fingerprint density at radius 1 is 1.03 bits per heavy atom. The molecule has 1 atom stereocenters. The Morgan fingerprint density at radius 2 is 1.69 bits per heavy atom. The molecule has 1 unspecified atom stereocenters. The molecule has 0 saturated carbocycles. The van der Waals surface area contributed by atoms with Crippen LogP contribution in [-0.4, -0.2) is 13.3 Å². The summed E-state index contributed by atoms with van der Waals surface area (Å²) in [7, 11) is -0.776. The van der Waals surface area contributed by atoms with E-state index in [9.17, 15) is 27.0 Å². The lowest BCUT2D eigenvalue weighted by Crippen LogP contribution is -2.40. The number of hydrogen-bond donors (Lipinski definition) is 1. The van der Waals surface area contributed by atoms with Gasteiger partial charge in [-0.2, -0.15) is 13.2 Å². The van der Waals surface area contributed by atoms with Crippen molar-refractivity contribution in [3.05, 3.63) is 86.2 Å². The fourth-order valence-corrected chi connectivity index (χ4v) is 3.68. The summed E-state index contributed by atoms with van der Waals surface area (Å²) >= 11 is 6.09. The number of hydrogen-bond acceptors (Lipinski definition) is 3. The quantitative estimate of drug-likeness (QED) is 0.672. The third-order valence-electron chi connectivity index (χ3n) is 3.98. The molecule has 0 aliphatic carbocycles. The molecule has 1 N–H and O–H groups in total. The van der Waals surface area contributed by atoms with E-state index in [1.807, 2.05) is 0 Å². The number of nitrogens with one attached hydrogen (secondary N) is 1. The summed E-state index contributed by atoms with van der Waals surface area (Å²) in [5.41, 5.74) is -3.58. The highest BCUT2D eigenvalue weighted by Crippen LogP contribution is 2.28. The summed E-state index contributed by atoms with van der Waals surface area (Å²) in [5, 5.41) is 0.148. The SMILES string of the molecule is Cn1c(C(F)(F)F)cc(=O)n(-c2ccc(Cl)c(NS(=O)c3ccccc3)c2)c1=O. The van der Waals surface area contributed by atoms with Crippen LogP contribution < -0.4 is 16.0 Å². The van der Waals surface area contributed by atoms with Gasteiger partial charge in [-0.1, -0.05) is 29.8 Å². The Labute approximate surface area is 169 Å². The number of benzene rings is 2. The van der Waals surface area contributed by atoms with Crippen LogP contribution in [0.3, 0.4) is 0 Å². The Balaban J connectivity index is 2.07. The lowest BCUT2D eigenvalue weighted by molar-refractivity contribution is -0.144. The molecular weight excluding hydrogens is 431 g/mol. The molecule has 1 heterocycles. The van der Waals surface area contributed by atoms with Gasteiger partial charge in [-0.15, -0.1) is 0 Å². The highest BCUT2D eigenvalue weighted by Gasteiger charge is 2.35. The maximum atomic E-state index is 13.0. The molecule has 6 nitrogen and oxygen atoms in total. The highest BCUT2D eigenvalue weighted by molar-refractivity contribution is 7.86. The van der Waals surface area contributed by atoms with E-state index in [1.165, 1.54) is 18.2 Å². The van der Waals surface area contributed by atoms with Gasteiger partial charge in [0.05, 0.1) is 21.3 Å². The zero-order valence-electron chi connectivity index (χ0n) is 14.7. The molecule has 0 aliphatic heterocycles. The van der Waals surface area contributed by atoms with Gasteiger partial charge < -0.3 is 0 Å². The second-order valence-electron chi connectivity index (χ2n) is 5.89. The Hall–Kier alpha value is -2.85. The first-order valence-electron chi connectivity index (χ1n) is 8.03. The van der Waals surface area contributed by atoms with Crippen LogP contribution in [0, 0.1) is 0 Å². The second-order valence-corrected chi connectivity index (χ2v) is 7.51. The number of nitrogens with zero attached hydrogens (tertiary/aromatic N) is 2. The molecule has 0 saturated heterocycles. The molecule has 0 radical (unpaired) electrons. The van der Waals surface area contributed by atoms with Crippen molar-refractivity contribution in [2.24, 2.45) is 7.05 Å². The summed E-state index contributed by atoms with van der Waals surface area (Å²) < 4.78 is 55.0. The van der Waals surface area contributed by atoms with E-state index in [4.69, 9.17) is 11.6 Å². The molecule has 1 aromatic heterocycles. The van der Waals surface area contributed by atoms with Gasteiger partial charge >= 0.3 is 11.9 Å². The zero-order valence-corrected chi connectivity index (χ0v) is 16.3. The second kappa shape index (κ2) is 7.88. The molecule has 152 valence electrons. The van der Waals surface area contributed by atoms with Crippen molar-refractivity contribution < 1.29 is 17.4 Å². The zero-order chi connectivity index (χ0) is 21.3. The van der Waals surface area contributed by atoms with Gasteiger partial charge in [-0.05, 0) is 30.3 Å². The molecule has 0 aliphatic rings. The highest BCUT2D eigenvalue weighted by atomic mass is 35.5. The van der Waals surface area contributed by atoms with Crippen LogP contribution in [0.25, 0.3) is 5.69 Å². The predicted octanol–water partition coefficient (Wildman–Crippen LogP) is 3.34. The molecule has 3 rings (SSSR count). The number of halogens is 4. The number of rotatable bonds is 4. The van der Waals surface area contributed by atoms with Gasteiger partial charge in [0.1, 0.15) is 16.7 Å². The van der Waals surface area contributed by atoms with Crippen molar-refractivity contribution in [2.45, 2.75) is 11.1 Å². The first-order valence-corrected chi connectivity index (χ1v) is 9.56. The average Bonchev–Trinajstić information content (AvgIpc) is 2.67. The van der Waals surface area contributed by atoms with Crippen LogP contribution in [0.15, 0.2) is 69.1 Å². The van der Waals surface area contributed by atoms with Gasteiger partial charge in [0.2, 0.25) is 0 Å². The lowest BCUT2D eigenvalue weighted by atomic mass is 10.2. The number of aromatic nitrogens is 2. The van der Waals surface area contributed by atoms with E-state index in [0.29, 0.717) is 20.1 Å². The van der Waals surface area contributed by atoms with Gasteiger partial charge in [0.15, 0.2) is 0 Å². The minimum absolute atomic E-state index is 0.0266. The van der Waals surface area contributed by atoms with E-state index in [-0.39, 0.29) is 16.4 Å². The maximum Gasteiger partial charge on any atom is 0.431 e. The molecule has 29 heavy (non-hydrogen) atoms. The summed E-state index contributed by atoms with van der Waals surface area (Å²) in [4.78, 5) is 25.1. The Kier molecular flexibility index (Phi) is 5.67. The third-order valence-corrected chi connectivity index (χ3v) is 5.41. The van der Waals surface area contributed by atoms with E-state index >= 15 is 0 Å². The summed E-state index contributed by atoms with van der Waals surface area (Å²) in [6.07, 6.45) is -4.86. The van der Waals surface area contributed by atoms with Crippen molar-refractivity contribution in [1.82, 2.24) is 9.13 Å². The minimum Gasteiger partial charge on any atom is -0.300 e. The molecule has 3 aromatic rings. The van der Waals surface area contributed by atoms with Crippen LogP contribution in [0.1, 0.15) is 5.69 Å². The smallest absolute Gasteiger partial charge is 0.300 e. The molecule has 0 spiro atoms. The van der Waals surface area contributed by atoms with Crippen molar-refractivity contribution >= 4 is 28.3 Å². The van der Waals surface area contributed by atoms with Crippen LogP contribution in [0.5, 0.6) is 0 Å². The molecule has 2 aromatic carbocycles.